The molecule has 0 N–H and O–H groups in total. The fourth-order valence-corrected chi connectivity index (χ4v) is 3.39. The topological polar surface area (TPSA) is 57.7 Å². The van der Waals surface area contributed by atoms with Crippen LogP contribution in [0.2, 0.25) is 0 Å². The summed E-state index contributed by atoms with van der Waals surface area (Å²) in [5, 5.41) is 0. The number of anilines is 1. The minimum Gasteiger partial charge on any atom is -0.310 e. The molecule has 2 heterocycles. The van der Waals surface area contributed by atoms with E-state index in [-0.39, 0.29) is 12.5 Å². The van der Waals surface area contributed by atoms with Crippen LogP contribution < -0.4 is 4.90 Å². The summed E-state index contributed by atoms with van der Waals surface area (Å²) in [7, 11) is 0. The Labute approximate surface area is 139 Å². The molecule has 2 aromatic rings. The number of amides is 3. The normalized spacial score (nSPS) is 15.7. The van der Waals surface area contributed by atoms with Gasteiger partial charge in [0.15, 0.2) is 0 Å². The zero-order chi connectivity index (χ0) is 16.8. The molecule has 0 aromatic heterocycles. The van der Waals surface area contributed by atoms with Gasteiger partial charge in [-0.1, -0.05) is 29.8 Å². The van der Waals surface area contributed by atoms with Crippen LogP contribution in [0.25, 0.3) is 0 Å². The Kier molecular flexibility index (Phi) is 3.23. The zero-order valence-electron chi connectivity index (χ0n) is 13.3. The van der Waals surface area contributed by atoms with Gasteiger partial charge in [0.05, 0.1) is 11.1 Å². The summed E-state index contributed by atoms with van der Waals surface area (Å²) in [5.41, 5.74) is 3.90. The largest absolute Gasteiger partial charge is 0.310 e. The molecule has 0 radical (unpaired) electrons. The van der Waals surface area contributed by atoms with Crippen molar-refractivity contribution < 1.29 is 14.4 Å². The van der Waals surface area contributed by atoms with Crippen LogP contribution in [0.5, 0.6) is 0 Å². The third-order valence-corrected chi connectivity index (χ3v) is 4.60. The summed E-state index contributed by atoms with van der Waals surface area (Å²) in [4.78, 5) is 40.1. The first-order valence-electron chi connectivity index (χ1n) is 7.91. The van der Waals surface area contributed by atoms with Crippen LogP contribution in [0.1, 0.15) is 31.8 Å². The van der Waals surface area contributed by atoms with E-state index < -0.39 is 11.8 Å². The van der Waals surface area contributed by atoms with E-state index in [2.05, 4.69) is 6.07 Å². The van der Waals surface area contributed by atoms with E-state index in [4.69, 9.17) is 0 Å². The van der Waals surface area contributed by atoms with E-state index >= 15 is 0 Å². The molecule has 2 aliphatic rings. The van der Waals surface area contributed by atoms with Crippen molar-refractivity contribution in [2.24, 2.45) is 0 Å². The SMILES string of the molecule is Cc1ccc2c(c1)CCN2C(=O)CN1C(=O)c2ccccc2C1=O. The number of benzene rings is 2. The van der Waals surface area contributed by atoms with Crippen molar-refractivity contribution in [2.75, 3.05) is 18.0 Å². The smallest absolute Gasteiger partial charge is 0.262 e. The number of rotatable bonds is 2. The molecule has 4 rings (SSSR count). The van der Waals surface area contributed by atoms with Gasteiger partial charge in [0.1, 0.15) is 6.54 Å². The molecule has 120 valence electrons. The van der Waals surface area contributed by atoms with Crippen molar-refractivity contribution in [3.63, 3.8) is 0 Å². The zero-order valence-corrected chi connectivity index (χ0v) is 13.3. The fraction of sp³-hybridized carbons (Fsp3) is 0.211. The molecule has 0 unspecified atom stereocenters. The van der Waals surface area contributed by atoms with E-state index in [9.17, 15) is 14.4 Å². The summed E-state index contributed by atoms with van der Waals surface area (Å²) in [6.45, 7) is 2.38. The molecule has 0 saturated carbocycles. The molecular formula is C19H16N2O3. The maximum absolute atomic E-state index is 12.7. The highest BCUT2D eigenvalue weighted by molar-refractivity contribution is 6.22. The number of imide groups is 1. The van der Waals surface area contributed by atoms with Crippen molar-refractivity contribution in [1.29, 1.82) is 0 Å². The summed E-state index contributed by atoms with van der Waals surface area (Å²) >= 11 is 0. The molecule has 2 aliphatic heterocycles. The van der Waals surface area contributed by atoms with E-state index in [1.165, 1.54) is 0 Å². The average molecular weight is 320 g/mol. The van der Waals surface area contributed by atoms with Crippen molar-refractivity contribution >= 4 is 23.4 Å². The van der Waals surface area contributed by atoms with Gasteiger partial charge >= 0.3 is 0 Å². The molecule has 2 aromatic carbocycles. The summed E-state index contributed by atoms with van der Waals surface area (Å²) in [6, 6.07) is 12.6. The monoisotopic (exact) mass is 320 g/mol. The predicted octanol–water partition coefficient (Wildman–Crippen LogP) is 2.18. The van der Waals surface area contributed by atoms with Gasteiger partial charge < -0.3 is 4.90 Å². The lowest BCUT2D eigenvalue weighted by atomic mass is 10.1. The fourth-order valence-electron chi connectivity index (χ4n) is 3.39. The van der Waals surface area contributed by atoms with Gasteiger partial charge in [-0.15, -0.1) is 0 Å². The summed E-state index contributed by atoms with van der Waals surface area (Å²) in [5.74, 6) is -1.02. The molecule has 5 heteroatoms. The number of fused-ring (bicyclic) bond motifs is 2. The van der Waals surface area contributed by atoms with Gasteiger partial charge in [0.25, 0.3) is 11.8 Å². The molecule has 0 aliphatic carbocycles. The van der Waals surface area contributed by atoms with Crippen molar-refractivity contribution in [1.82, 2.24) is 4.90 Å². The second-order valence-corrected chi connectivity index (χ2v) is 6.17. The lowest BCUT2D eigenvalue weighted by molar-refractivity contribution is -0.118. The van der Waals surface area contributed by atoms with Crippen molar-refractivity contribution in [2.45, 2.75) is 13.3 Å². The quantitative estimate of drug-likeness (QED) is 0.797. The van der Waals surface area contributed by atoms with E-state index in [1.807, 2.05) is 19.1 Å². The van der Waals surface area contributed by atoms with E-state index in [1.54, 1.807) is 29.2 Å². The number of carbonyl (C=O) groups is 3. The highest BCUT2D eigenvalue weighted by atomic mass is 16.2. The number of hydrogen-bond acceptors (Lipinski definition) is 3. The molecule has 5 nitrogen and oxygen atoms in total. The number of hydrogen-bond donors (Lipinski definition) is 0. The second kappa shape index (κ2) is 5.30. The van der Waals surface area contributed by atoms with Gasteiger partial charge in [-0.3, -0.25) is 19.3 Å². The van der Waals surface area contributed by atoms with Gasteiger partial charge in [-0.05, 0) is 37.1 Å². The Balaban J connectivity index is 1.57. The number of aryl methyl sites for hydroxylation is 1. The standard InChI is InChI=1S/C19H16N2O3/c1-12-6-7-16-13(10-12)8-9-20(16)17(22)11-21-18(23)14-4-2-3-5-15(14)19(21)24/h2-7,10H,8-9,11H2,1H3. The number of nitrogens with zero attached hydrogens (tertiary/aromatic N) is 2. The minimum absolute atomic E-state index is 0.223. The molecule has 3 amide bonds. The lowest BCUT2D eigenvalue weighted by Gasteiger charge is -2.21. The van der Waals surface area contributed by atoms with Gasteiger partial charge in [0.2, 0.25) is 5.91 Å². The molecular weight excluding hydrogens is 304 g/mol. The molecule has 0 saturated heterocycles. The van der Waals surface area contributed by atoms with Crippen LogP contribution in [0.3, 0.4) is 0 Å². The Hall–Kier alpha value is -2.95. The Morgan fingerprint density at radius 3 is 2.38 bits per heavy atom. The summed E-state index contributed by atoms with van der Waals surface area (Å²) < 4.78 is 0. The highest BCUT2D eigenvalue weighted by Crippen LogP contribution is 2.29. The highest BCUT2D eigenvalue weighted by Gasteiger charge is 2.37. The van der Waals surface area contributed by atoms with Gasteiger partial charge in [-0.25, -0.2) is 0 Å². The van der Waals surface area contributed by atoms with Crippen LogP contribution >= 0.6 is 0 Å². The molecule has 24 heavy (non-hydrogen) atoms. The van der Waals surface area contributed by atoms with Crippen LogP contribution in [0, 0.1) is 6.92 Å². The Bertz CT molecular complexity index is 853. The lowest BCUT2D eigenvalue weighted by Crippen LogP contribution is -2.42. The first kappa shape index (κ1) is 14.6. The first-order chi connectivity index (χ1) is 11.6. The maximum Gasteiger partial charge on any atom is 0.262 e. The predicted molar refractivity (Wildman–Crippen MR) is 89.0 cm³/mol. The van der Waals surface area contributed by atoms with Crippen LogP contribution in [0.4, 0.5) is 5.69 Å². The van der Waals surface area contributed by atoms with Crippen molar-refractivity contribution in [3.8, 4) is 0 Å². The van der Waals surface area contributed by atoms with Gasteiger partial charge in [0, 0.05) is 12.2 Å². The Morgan fingerprint density at radius 2 is 1.71 bits per heavy atom. The van der Waals surface area contributed by atoms with Crippen LogP contribution in [-0.4, -0.2) is 35.7 Å². The minimum atomic E-state index is -0.396. The molecule has 0 fully saturated rings. The third-order valence-electron chi connectivity index (χ3n) is 4.60. The van der Waals surface area contributed by atoms with Gasteiger partial charge in [-0.2, -0.15) is 0 Å². The molecule has 0 spiro atoms. The number of carbonyl (C=O) groups excluding carboxylic acids is 3. The molecule has 0 atom stereocenters. The molecule has 0 bridgehead atoms. The van der Waals surface area contributed by atoms with Crippen LogP contribution in [-0.2, 0) is 11.2 Å². The van der Waals surface area contributed by atoms with Crippen molar-refractivity contribution in [3.05, 3.63) is 64.7 Å². The van der Waals surface area contributed by atoms with E-state index in [0.29, 0.717) is 17.7 Å². The first-order valence-corrected chi connectivity index (χ1v) is 7.91. The maximum atomic E-state index is 12.7. The third kappa shape index (κ3) is 2.12. The Morgan fingerprint density at radius 1 is 1.04 bits per heavy atom. The average Bonchev–Trinajstić information content (AvgIpc) is 3.10. The van der Waals surface area contributed by atoms with E-state index in [0.717, 1.165) is 28.1 Å². The second-order valence-electron chi connectivity index (χ2n) is 6.17. The summed E-state index contributed by atoms with van der Waals surface area (Å²) in [6.07, 6.45) is 0.796. The van der Waals surface area contributed by atoms with Crippen LogP contribution in [0.15, 0.2) is 42.5 Å².